The molecule has 2 rings (SSSR count). The van der Waals surface area contributed by atoms with Crippen molar-refractivity contribution < 1.29 is 9.15 Å². The minimum atomic E-state index is 0.287. The molecule has 0 saturated carbocycles. The zero-order valence-corrected chi connectivity index (χ0v) is 11.7. The van der Waals surface area contributed by atoms with E-state index in [-0.39, 0.29) is 6.01 Å². The van der Waals surface area contributed by atoms with E-state index in [1.807, 2.05) is 6.92 Å². The zero-order valence-electron chi connectivity index (χ0n) is 10.1. The van der Waals surface area contributed by atoms with Crippen molar-refractivity contribution in [3.05, 3.63) is 16.8 Å². The number of anilines is 1. The number of ether oxygens (including phenoxy) is 1. The molecule has 0 fully saturated rings. The molecule has 0 bridgehead atoms. The second-order valence-electron chi connectivity index (χ2n) is 3.46. The lowest BCUT2D eigenvalue weighted by atomic mass is 10.4. The Labute approximate surface area is 113 Å². The van der Waals surface area contributed by atoms with Crippen LogP contribution in [0.3, 0.4) is 0 Å². The summed E-state index contributed by atoms with van der Waals surface area (Å²) in [6.45, 7) is 2.58. The Hall–Kier alpha value is -1.63. The van der Waals surface area contributed by atoms with Gasteiger partial charge in [0.1, 0.15) is 0 Å². The lowest BCUT2D eigenvalue weighted by Gasteiger charge is -2.06. The Bertz CT molecular complexity index is 530. The SMILES string of the molecule is CCCOc1nc(NC)nc(-c2occc2Br)n1. The third-order valence-electron chi connectivity index (χ3n) is 2.09. The molecule has 2 heterocycles. The van der Waals surface area contributed by atoms with Gasteiger partial charge < -0.3 is 14.5 Å². The molecule has 0 spiro atoms. The molecular formula is C11H13BrN4O2. The number of furan rings is 1. The summed E-state index contributed by atoms with van der Waals surface area (Å²) in [5.74, 6) is 1.42. The Morgan fingerprint density at radius 2 is 2.22 bits per heavy atom. The molecule has 0 aliphatic carbocycles. The molecule has 18 heavy (non-hydrogen) atoms. The van der Waals surface area contributed by atoms with E-state index in [0.717, 1.165) is 10.9 Å². The van der Waals surface area contributed by atoms with Gasteiger partial charge in [0.15, 0.2) is 5.76 Å². The van der Waals surface area contributed by atoms with Gasteiger partial charge in [0.2, 0.25) is 11.8 Å². The molecule has 2 aromatic rings. The molecule has 0 saturated heterocycles. The lowest BCUT2D eigenvalue weighted by molar-refractivity contribution is 0.292. The van der Waals surface area contributed by atoms with Crippen LogP contribution in [0, 0.1) is 0 Å². The fourth-order valence-corrected chi connectivity index (χ4v) is 1.66. The summed E-state index contributed by atoms with van der Waals surface area (Å²) in [5, 5.41) is 2.87. The van der Waals surface area contributed by atoms with Crippen molar-refractivity contribution >= 4 is 21.9 Å². The van der Waals surface area contributed by atoms with E-state index < -0.39 is 0 Å². The molecule has 7 heteroatoms. The van der Waals surface area contributed by atoms with Gasteiger partial charge in [0.25, 0.3) is 0 Å². The minimum absolute atomic E-state index is 0.287. The topological polar surface area (TPSA) is 73.1 Å². The maximum atomic E-state index is 5.42. The third kappa shape index (κ3) is 2.79. The first-order valence-corrected chi connectivity index (χ1v) is 6.34. The van der Waals surface area contributed by atoms with Gasteiger partial charge in [-0.15, -0.1) is 0 Å². The van der Waals surface area contributed by atoms with Crippen molar-refractivity contribution in [2.24, 2.45) is 0 Å². The second-order valence-corrected chi connectivity index (χ2v) is 4.32. The molecule has 0 aliphatic heterocycles. The van der Waals surface area contributed by atoms with Crippen LogP contribution in [0.1, 0.15) is 13.3 Å². The summed E-state index contributed by atoms with van der Waals surface area (Å²) in [7, 11) is 1.74. The van der Waals surface area contributed by atoms with Gasteiger partial charge in [-0.1, -0.05) is 6.92 Å². The van der Waals surface area contributed by atoms with E-state index in [9.17, 15) is 0 Å². The van der Waals surface area contributed by atoms with Crippen molar-refractivity contribution in [3.8, 4) is 17.6 Å². The van der Waals surface area contributed by atoms with Crippen LogP contribution >= 0.6 is 15.9 Å². The summed E-state index contributed by atoms with van der Waals surface area (Å²) in [6.07, 6.45) is 2.45. The Morgan fingerprint density at radius 3 is 2.83 bits per heavy atom. The smallest absolute Gasteiger partial charge is 0.321 e. The molecule has 6 nitrogen and oxygen atoms in total. The number of nitrogens with one attached hydrogen (secondary N) is 1. The number of hydrogen-bond donors (Lipinski definition) is 1. The lowest BCUT2D eigenvalue weighted by Crippen LogP contribution is -2.06. The molecule has 0 aromatic carbocycles. The third-order valence-corrected chi connectivity index (χ3v) is 2.72. The van der Waals surface area contributed by atoms with Crippen molar-refractivity contribution in [2.75, 3.05) is 19.0 Å². The summed E-state index contributed by atoms with van der Waals surface area (Å²) >= 11 is 3.37. The standard InChI is InChI=1S/C11H13BrN4O2/c1-3-5-18-11-15-9(14-10(13-2)16-11)8-7(12)4-6-17-8/h4,6H,3,5H2,1-2H3,(H,13,14,15,16). The summed E-state index contributed by atoms with van der Waals surface area (Å²) < 4.78 is 11.5. The molecular weight excluding hydrogens is 300 g/mol. The van der Waals surface area contributed by atoms with Crippen LogP contribution in [0.2, 0.25) is 0 Å². The van der Waals surface area contributed by atoms with E-state index in [2.05, 4.69) is 36.2 Å². The van der Waals surface area contributed by atoms with Gasteiger partial charge in [0.05, 0.1) is 17.3 Å². The monoisotopic (exact) mass is 312 g/mol. The Kier molecular flexibility index (Phi) is 4.14. The number of aromatic nitrogens is 3. The Morgan fingerprint density at radius 1 is 1.39 bits per heavy atom. The van der Waals surface area contributed by atoms with Gasteiger partial charge >= 0.3 is 6.01 Å². The maximum Gasteiger partial charge on any atom is 0.321 e. The summed E-state index contributed by atoms with van der Waals surface area (Å²) in [4.78, 5) is 12.6. The minimum Gasteiger partial charge on any atom is -0.463 e. The van der Waals surface area contributed by atoms with Crippen molar-refractivity contribution in [1.82, 2.24) is 15.0 Å². The molecule has 96 valence electrons. The highest BCUT2D eigenvalue weighted by Crippen LogP contribution is 2.27. The number of hydrogen-bond acceptors (Lipinski definition) is 6. The van der Waals surface area contributed by atoms with Gasteiger partial charge in [-0.05, 0) is 28.4 Å². The van der Waals surface area contributed by atoms with Crippen LogP contribution < -0.4 is 10.1 Å². The highest BCUT2D eigenvalue weighted by Gasteiger charge is 2.14. The summed E-state index contributed by atoms with van der Waals surface area (Å²) in [6, 6.07) is 2.07. The molecule has 0 amide bonds. The quantitative estimate of drug-likeness (QED) is 0.915. The fraction of sp³-hybridized carbons (Fsp3) is 0.364. The molecule has 0 aliphatic rings. The first kappa shape index (κ1) is 12.8. The van der Waals surface area contributed by atoms with Crippen LogP contribution in [0.5, 0.6) is 6.01 Å². The van der Waals surface area contributed by atoms with E-state index in [0.29, 0.717) is 24.1 Å². The fourth-order valence-electron chi connectivity index (χ4n) is 1.28. The van der Waals surface area contributed by atoms with Gasteiger partial charge in [-0.2, -0.15) is 15.0 Å². The van der Waals surface area contributed by atoms with E-state index in [4.69, 9.17) is 9.15 Å². The van der Waals surface area contributed by atoms with Crippen molar-refractivity contribution in [3.63, 3.8) is 0 Å². The summed E-state index contributed by atoms with van der Waals surface area (Å²) in [5.41, 5.74) is 0. The van der Waals surface area contributed by atoms with Crippen LogP contribution in [0.15, 0.2) is 21.2 Å². The first-order chi connectivity index (χ1) is 8.74. The van der Waals surface area contributed by atoms with E-state index in [1.54, 1.807) is 19.4 Å². The Balaban J connectivity index is 2.38. The van der Waals surface area contributed by atoms with Gasteiger partial charge in [-0.25, -0.2) is 0 Å². The van der Waals surface area contributed by atoms with E-state index >= 15 is 0 Å². The predicted octanol–water partition coefficient (Wildman–Crippen LogP) is 2.72. The average molecular weight is 313 g/mol. The number of rotatable bonds is 5. The van der Waals surface area contributed by atoms with Crippen LogP contribution in [-0.2, 0) is 0 Å². The number of nitrogens with zero attached hydrogens (tertiary/aromatic N) is 3. The van der Waals surface area contributed by atoms with Crippen LogP contribution in [0.4, 0.5) is 5.95 Å². The average Bonchev–Trinajstić information content (AvgIpc) is 2.82. The van der Waals surface area contributed by atoms with Crippen molar-refractivity contribution in [1.29, 1.82) is 0 Å². The zero-order chi connectivity index (χ0) is 13.0. The van der Waals surface area contributed by atoms with Crippen LogP contribution in [0.25, 0.3) is 11.6 Å². The molecule has 0 atom stereocenters. The van der Waals surface area contributed by atoms with E-state index in [1.165, 1.54) is 0 Å². The predicted molar refractivity (Wildman–Crippen MR) is 70.6 cm³/mol. The number of halogens is 1. The second kappa shape index (κ2) is 5.81. The molecule has 0 unspecified atom stereocenters. The van der Waals surface area contributed by atoms with Crippen LogP contribution in [-0.4, -0.2) is 28.6 Å². The largest absolute Gasteiger partial charge is 0.463 e. The highest BCUT2D eigenvalue weighted by molar-refractivity contribution is 9.10. The van der Waals surface area contributed by atoms with Gasteiger partial charge in [-0.3, -0.25) is 0 Å². The molecule has 1 N–H and O–H groups in total. The van der Waals surface area contributed by atoms with Crippen molar-refractivity contribution in [2.45, 2.75) is 13.3 Å². The highest BCUT2D eigenvalue weighted by atomic mass is 79.9. The normalized spacial score (nSPS) is 10.4. The van der Waals surface area contributed by atoms with Gasteiger partial charge in [0, 0.05) is 7.05 Å². The molecule has 0 radical (unpaired) electrons. The maximum absolute atomic E-state index is 5.42. The molecule has 2 aromatic heterocycles. The first-order valence-electron chi connectivity index (χ1n) is 5.54.